The maximum Gasteiger partial charge on any atom is 0.405 e. The zero-order valence-electron chi connectivity index (χ0n) is 15.4. The molecule has 0 aliphatic carbocycles. The third-order valence-electron chi connectivity index (χ3n) is 4.89. The summed E-state index contributed by atoms with van der Waals surface area (Å²) < 4.78 is 26.8. The number of carbonyl (C=O) groups excluding carboxylic acids is 1. The fraction of sp³-hybridized carbons (Fsp3) is 0.211. The van der Waals surface area contributed by atoms with Crippen molar-refractivity contribution in [3.05, 3.63) is 63.9 Å². The van der Waals surface area contributed by atoms with E-state index in [4.69, 9.17) is 0 Å². The number of carboxylic acid groups (broad SMARTS) is 1. The third kappa shape index (κ3) is 4.03. The van der Waals surface area contributed by atoms with Crippen LogP contribution in [0.1, 0.15) is 34.7 Å². The quantitative estimate of drug-likeness (QED) is 0.431. The number of imidazole rings is 1. The number of nitrogens with one attached hydrogen (secondary N) is 3. The van der Waals surface area contributed by atoms with Gasteiger partial charge in [0.15, 0.2) is 0 Å². The number of hydrogen-bond acceptors (Lipinski definition) is 5. The van der Waals surface area contributed by atoms with E-state index in [1.165, 1.54) is 0 Å². The van der Waals surface area contributed by atoms with Crippen LogP contribution in [0, 0.1) is 0 Å². The topological polar surface area (TPSA) is 141 Å². The molecule has 30 heavy (non-hydrogen) atoms. The molecule has 4 N–H and O–H groups in total. The summed E-state index contributed by atoms with van der Waals surface area (Å²) in [7, 11) is -3.76. The van der Waals surface area contributed by atoms with Crippen LogP contribution in [0.25, 0.3) is 11.0 Å². The summed E-state index contributed by atoms with van der Waals surface area (Å²) in [6.07, 6.45) is -1.03. The SMILES string of the molecule is O=C(O)N[C@@H](Cc1ccc(C2CC(=O)NS2(=O)=O)c(Br)c1)c1nc2ccccc2[nH]1. The van der Waals surface area contributed by atoms with Gasteiger partial charge in [0.05, 0.1) is 23.5 Å². The Hall–Kier alpha value is -2.92. The summed E-state index contributed by atoms with van der Waals surface area (Å²) >= 11 is 3.39. The molecule has 0 saturated carbocycles. The first kappa shape index (κ1) is 20.4. The van der Waals surface area contributed by atoms with E-state index in [9.17, 15) is 23.1 Å². The number of rotatable bonds is 5. The molecule has 1 fully saturated rings. The first-order chi connectivity index (χ1) is 14.2. The van der Waals surface area contributed by atoms with Gasteiger partial charge < -0.3 is 15.4 Å². The lowest BCUT2D eigenvalue weighted by Crippen LogP contribution is -2.29. The van der Waals surface area contributed by atoms with Crippen LogP contribution < -0.4 is 10.0 Å². The fourth-order valence-corrected chi connectivity index (χ4v) is 5.83. The number of hydrogen-bond donors (Lipinski definition) is 4. The molecule has 1 saturated heterocycles. The molecule has 156 valence electrons. The maximum atomic E-state index is 12.1. The number of H-pyrrole nitrogens is 1. The Morgan fingerprint density at radius 1 is 1.30 bits per heavy atom. The molecule has 1 unspecified atom stereocenters. The van der Waals surface area contributed by atoms with Gasteiger partial charge in [0, 0.05) is 10.9 Å². The predicted molar refractivity (Wildman–Crippen MR) is 112 cm³/mol. The molecule has 2 atom stereocenters. The first-order valence-electron chi connectivity index (χ1n) is 9.00. The Kier molecular flexibility index (Phi) is 5.24. The molecular weight excluding hydrogens is 476 g/mol. The first-order valence-corrected chi connectivity index (χ1v) is 11.3. The van der Waals surface area contributed by atoms with Gasteiger partial charge in [0.25, 0.3) is 0 Å². The highest BCUT2D eigenvalue weighted by molar-refractivity contribution is 9.10. The van der Waals surface area contributed by atoms with Gasteiger partial charge in [-0.05, 0) is 29.3 Å². The van der Waals surface area contributed by atoms with Crippen molar-refractivity contribution >= 4 is 49.0 Å². The molecule has 0 spiro atoms. The highest BCUT2D eigenvalue weighted by Gasteiger charge is 2.38. The summed E-state index contributed by atoms with van der Waals surface area (Å²) in [6.45, 7) is 0. The Balaban J connectivity index is 1.63. The minimum absolute atomic E-state index is 0.136. The molecule has 0 radical (unpaired) electrons. The van der Waals surface area contributed by atoms with Gasteiger partial charge in [0.1, 0.15) is 11.1 Å². The number of aromatic amines is 1. The average molecular weight is 493 g/mol. The summed E-state index contributed by atoms with van der Waals surface area (Å²) in [5.41, 5.74) is 2.76. The van der Waals surface area contributed by atoms with Gasteiger partial charge in [-0.25, -0.2) is 18.2 Å². The molecule has 11 heteroatoms. The van der Waals surface area contributed by atoms with Crippen LogP contribution in [-0.2, 0) is 21.2 Å². The number of carbonyl (C=O) groups is 2. The van der Waals surface area contributed by atoms with Gasteiger partial charge in [-0.15, -0.1) is 0 Å². The standard InChI is InChI=1S/C19H17BrN4O5S/c20-12-7-10(5-6-11(12)16-9-17(25)24-30(16,28)29)8-15(23-19(26)27)18-21-13-3-1-2-4-14(13)22-18/h1-7,15-16,23H,8-9H2,(H,21,22)(H,24,25)(H,26,27)/t15-,16?/m0/s1. The number of halogens is 1. The van der Waals surface area contributed by atoms with Crippen LogP contribution in [0.3, 0.4) is 0 Å². The zero-order valence-corrected chi connectivity index (χ0v) is 17.8. The Labute approximate surface area is 180 Å². The third-order valence-corrected chi connectivity index (χ3v) is 7.26. The zero-order chi connectivity index (χ0) is 21.5. The Morgan fingerprint density at radius 3 is 2.70 bits per heavy atom. The molecular formula is C19H17BrN4O5S. The van der Waals surface area contributed by atoms with Crippen LogP contribution in [-0.4, -0.2) is 35.5 Å². The van der Waals surface area contributed by atoms with Crippen molar-refractivity contribution in [2.45, 2.75) is 24.1 Å². The van der Waals surface area contributed by atoms with Crippen molar-refractivity contribution < 1.29 is 23.1 Å². The van der Waals surface area contributed by atoms with E-state index < -0.39 is 33.3 Å². The smallest absolute Gasteiger partial charge is 0.405 e. The molecule has 0 bridgehead atoms. The van der Waals surface area contributed by atoms with Crippen molar-refractivity contribution in [3.8, 4) is 0 Å². The second-order valence-corrected chi connectivity index (χ2v) is 9.68. The molecule has 1 aromatic heterocycles. The van der Waals surface area contributed by atoms with Crippen LogP contribution in [0.5, 0.6) is 0 Å². The Bertz CT molecular complexity index is 1220. The van der Waals surface area contributed by atoms with E-state index in [0.717, 1.165) is 16.6 Å². The largest absolute Gasteiger partial charge is 0.465 e. The molecule has 1 aliphatic heterocycles. The molecule has 2 heterocycles. The Morgan fingerprint density at radius 2 is 2.07 bits per heavy atom. The van der Waals surface area contributed by atoms with E-state index in [-0.39, 0.29) is 6.42 Å². The molecule has 9 nitrogen and oxygen atoms in total. The lowest BCUT2D eigenvalue weighted by molar-refractivity contribution is -0.118. The van der Waals surface area contributed by atoms with Crippen LogP contribution in [0.15, 0.2) is 46.9 Å². The van der Waals surface area contributed by atoms with Crippen molar-refractivity contribution in [2.75, 3.05) is 0 Å². The van der Waals surface area contributed by atoms with Crippen LogP contribution in [0.2, 0.25) is 0 Å². The molecule has 4 rings (SSSR count). The number of fused-ring (bicyclic) bond motifs is 1. The number of sulfonamides is 1. The van der Waals surface area contributed by atoms with Gasteiger partial charge in [-0.1, -0.05) is 40.2 Å². The average Bonchev–Trinajstić information content (AvgIpc) is 3.20. The second-order valence-electron chi connectivity index (χ2n) is 6.96. The summed E-state index contributed by atoms with van der Waals surface area (Å²) in [5, 5.41) is 10.8. The van der Waals surface area contributed by atoms with E-state index in [1.807, 2.05) is 29.0 Å². The van der Waals surface area contributed by atoms with Gasteiger partial charge in [0.2, 0.25) is 15.9 Å². The number of nitrogens with zero attached hydrogens (tertiary/aromatic N) is 1. The molecule has 1 aliphatic rings. The lowest BCUT2D eigenvalue weighted by Gasteiger charge is -2.16. The van der Waals surface area contributed by atoms with E-state index in [1.54, 1.807) is 18.2 Å². The number of benzene rings is 2. The molecule has 2 amide bonds. The highest BCUT2D eigenvalue weighted by Crippen LogP contribution is 2.35. The predicted octanol–water partition coefficient (Wildman–Crippen LogP) is 2.77. The normalized spacial score (nSPS) is 18.8. The molecule has 3 aromatic rings. The fourth-order valence-electron chi connectivity index (χ4n) is 3.52. The van der Waals surface area contributed by atoms with Gasteiger partial charge >= 0.3 is 6.09 Å². The minimum atomic E-state index is -3.76. The summed E-state index contributed by atoms with van der Waals surface area (Å²) in [4.78, 5) is 30.4. The van der Waals surface area contributed by atoms with E-state index >= 15 is 0 Å². The van der Waals surface area contributed by atoms with Crippen molar-refractivity contribution in [1.82, 2.24) is 20.0 Å². The summed E-state index contributed by atoms with van der Waals surface area (Å²) in [5.74, 6) is -0.0569. The van der Waals surface area contributed by atoms with E-state index in [0.29, 0.717) is 22.3 Å². The number of aromatic nitrogens is 2. The maximum absolute atomic E-state index is 12.1. The van der Waals surface area contributed by atoms with Crippen LogP contribution >= 0.6 is 15.9 Å². The van der Waals surface area contributed by atoms with Crippen molar-refractivity contribution in [1.29, 1.82) is 0 Å². The summed E-state index contributed by atoms with van der Waals surface area (Å²) in [6, 6.07) is 11.8. The number of para-hydroxylation sites is 2. The van der Waals surface area contributed by atoms with Gasteiger partial charge in [-0.2, -0.15) is 0 Å². The van der Waals surface area contributed by atoms with Crippen molar-refractivity contribution in [3.63, 3.8) is 0 Å². The highest BCUT2D eigenvalue weighted by atomic mass is 79.9. The second kappa shape index (κ2) is 7.73. The van der Waals surface area contributed by atoms with E-state index in [2.05, 4.69) is 31.2 Å². The lowest BCUT2D eigenvalue weighted by atomic mass is 10.0. The number of amides is 2. The molecule has 2 aromatic carbocycles. The monoisotopic (exact) mass is 492 g/mol. The van der Waals surface area contributed by atoms with Crippen molar-refractivity contribution in [2.24, 2.45) is 0 Å². The van der Waals surface area contributed by atoms with Crippen LogP contribution in [0.4, 0.5) is 4.79 Å². The van der Waals surface area contributed by atoms with Gasteiger partial charge in [-0.3, -0.25) is 9.52 Å². The minimum Gasteiger partial charge on any atom is -0.465 e.